The Labute approximate surface area is 87.8 Å². The first-order chi connectivity index (χ1) is 5.99. The molecule has 0 aliphatic carbocycles. The zero-order chi connectivity index (χ0) is 10.5. The van der Waals surface area contributed by atoms with Gasteiger partial charge in [0.15, 0.2) is 5.17 Å². The number of rotatable bonds is 3. The van der Waals surface area contributed by atoms with Crippen LogP contribution in [0, 0.1) is 0 Å². The summed E-state index contributed by atoms with van der Waals surface area (Å²) in [6, 6.07) is 0. The van der Waals surface area contributed by atoms with Gasteiger partial charge >= 0.3 is 6.72 Å². The molecule has 0 saturated carbocycles. The van der Waals surface area contributed by atoms with Crippen LogP contribution in [0.3, 0.4) is 0 Å². The molecule has 0 amide bonds. The van der Waals surface area contributed by atoms with Crippen LogP contribution in [0.1, 0.15) is 0 Å². The molecular weight excluding hydrogens is 227 g/mol. The van der Waals surface area contributed by atoms with E-state index in [0.29, 0.717) is 5.17 Å². The highest BCUT2D eigenvalue weighted by molar-refractivity contribution is 8.56. The molecule has 0 aliphatic heterocycles. The van der Waals surface area contributed by atoms with Gasteiger partial charge in [-0.05, 0) is 23.9 Å². The molecule has 0 heterocycles. The second-order valence-electron chi connectivity index (χ2n) is 2.31. The molecule has 0 N–H and O–H groups in total. The van der Waals surface area contributed by atoms with Crippen molar-refractivity contribution in [2.45, 2.75) is 0 Å². The van der Waals surface area contributed by atoms with Gasteiger partial charge in [-0.1, -0.05) is 11.8 Å². The average Bonchev–Trinajstić information content (AvgIpc) is 2.13. The minimum absolute atomic E-state index is 0.708. The highest BCUT2D eigenvalue weighted by Crippen LogP contribution is 2.59. The highest BCUT2D eigenvalue weighted by Gasteiger charge is 2.20. The predicted octanol–water partition coefficient (Wildman–Crippen LogP) is 2.38. The molecule has 1 atom stereocenters. The van der Waals surface area contributed by atoms with Crippen LogP contribution >= 0.6 is 29.9 Å². The molecule has 13 heavy (non-hydrogen) atoms. The van der Waals surface area contributed by atoms with Crippen molar-refractivity contribution in [3.05, 3.63) is 0 Å². The lowest BCUT2D eigenvalue weighted by Crippen LogP contribution is -2.17. The van der Waals surface area contributed by atoms with Crippen molar-refractivity contribution in [3.8, 4) is 0 Å². The Kier molecular flexibility index (Phi) is 6.12. The maximum absolute atomic E-state index is 11.7. The third-order valence-electron chi connectivity index (χ3n) is 1.23. The Morgan fingerprint density at radius 1 is 1.46 bits per heavy atom. The molecule has 0 aromatic heterocycles. The quantitative estimate of drug-likeness (QED) is 0.432. The predicted molar refractivity (Wildman–Crippen MR) is 62.8 cm³/mol. The van der Waals surface area contributed by atoms with Gasteiger partial charge in [0, 0.05) is 21.2 Å². The highest BCUT2D eigenvalue weighted by atomic mass is 32.7. The summed E-state index contributed by atoms with van der Waals surface area (Å²) in [6.45, 7) is -2.87. The number of amidine groups is 1. The van der Waals surface area contributed by atoms with E-state index in [9.17, 15) is 4.57 Å². The summed E-state index contributed by atoms with van der Waals surface area (Å²) >= 11 is 2.59. The SMILES string of the molecule is COP(=O)(/N=C(\SC)N(C)C)SC. The maximum atomic E-state index is 11.7. The molecule has 1 unspecified atom stereocenters. The molecule has 0 aromatic carbocycles. The lowest BCUT2D eigenvalue weighted by molar-refractivity contribution is 0.410. The summed E-state index contributed by atoms with van der Waals surface area (Å²) in [4.78, 5) is 1.81. The van der Waals surface area contributed by atoms with E-state index in [4.69, 9.17) is 4.52 Å². The number of hydrogen-bond acceptors (Lipinski definition) is 4. The number of hydrogen-bond donors (Lipinski definition) is 0. The molecule has 0 bridgehead atoms. The monoisotopic (exact) mass is 242 g/mol. The minimum Gasteiger partial charge on any atom is -0.357 e. The van der Waals surface area contributed by atoms with Crippen LogP contribution in [0.2, 0.25) is 0 Å². The number of thioether (sulfide) groups is 1. The largest absolute Gasteiger partial charge is 0.373 e. The topological polar surface area (TPSA) is 41.9 Å². The first-order valence-electron chi connectivity index (χ1n) is 3.52. The maximum Gasteiger partial charge on any atom is 0.373 e. The molecule has 78 valence electrons. The molecule has 4 nitrogen and oxygen atoms in total. The Hall–Kier alpha value is 0.360. The molecule has 0 saturated heterocycles. The van der Waals surface area contributed by atoms with Crippen LogP contribution in [-0.4, -0.2) is 43.8 Å². The van der Waals surface area contributed by atoms with Gasteiger partial charge < -0.3 is 9.42 Å². The van der Waals surface area contributed by atoms with E-state index in [2.05, 4.69) is 4.76 Å². The van der Waals surface area contributed by atoms with Gasteiger partial charge in [0.25, 0.3) is 0 Å². The van der Waals surface area contributed by atoms with Crippen molar-refractivity contribution < 1.29 is 9.09 Å². The molecule has 0 rings (SSSR count). The molecule has 0 radical (unpaired) electrons. The van der Waals surface area contributed by atoms with Crippen LogP contribution < -0.4 is 0 Å². The standard InChI is InChI=1S/C6H15N2O2PS2/c1-8(2)6(12-4)7-11(9,10-3)13-5/h1-5H3/b7-6-. The molecule has 0 fully saturated rings. The van der Waals surface area contributed by atoms with Crippen molar-refractivity contribution in [1.82, 2.24) is 4.90 Å². The first-order valence-corrected chi connectivity index (χ1v) is 8.15. The van der Waals surface area contributed by atoms with E-state index in [1.165, 1.54) is 18.9 Å². The van der Waals surface area contributed by atoms with Gasteiger partial charge in [0.05, 0.1) is 0 Å². The van der Waals surface area contributed by atoms with E-state index in [1.54, 1.807) is 6.26 Å². The van der Waals surface area contributed by atoms with Crippen LogP contribution in [0.25, 0.3) is 0 Å². The van der Waals surface area contributed by atoms with E-state index in [-0.39, 0.29) is 0 Å². The van der Waals surface area contributed by atoms with Crippen molar-refractivity contribution in [2.75, 3.05) is 33.7 Å². The summed E-state index contributed by atoms with van der Waals surface area (Å²) in [7, 11) is 5.12. The summed E-state index contributed by atoms with van der Waals surface area (Å²) in [5.74, 6) is 0. The summed E-state index contributed by atoms with van der Waals surface area (Å²) in [6.07, 6.45) is 3.61. The third-order valence-corrected chi connectivity index (χ3v) is 5.63. The van der Waals surface area contributed by atoms with E-state index in [0.717, 1.165) is 11.4 Å². The second kappa shape index (κ2) is 5.96. The van der Waals surface area contributed by atoms with Crippen molar-refractivity contribution in [1.29, 1.82) is 0 Å². The minimum atomic E-state index is -2.87. The van der Waals surface area contributed by atoms with Gasteiger partial charge in [-0.25, -0.2) is 0 Å². The summed E-state index contributed by atoms with van der Waals surface area (Å²) in [5, 5.41) is 0.708. The van der Waals surface area contributed by atoms with Gasteiger partial charge in [-0.3, -0.25) is 4.57 Å². The van der Waals surface area contributed by atoms with Crippen molar-refractivity contribution in [2.24, 2.45) is 4.76 Å². The lowest BCUT2D eigenvalue weighted by atomic mass is 10.9. The van der Waals surface area contributed by atoms with E-state index < -0.39 is 6.72 Å². The number of nitrogens with zero attached hydrogens (tertiary/aromatic N) is 2. The third kappa shape index (κ3) is 4.40. The molecule has 7 heteroatoms. The summed E-state index contributed by atoms with van der Waals surface area (Å²) in [5.41, 5.74) is 0. The van der Waals surface area contributed by atoms with Gasteiger partial charge in [0.1, 0.15) is 0 Å². The van der Waals surface area contributed by atoms with Gasteiger partial charge in [-0.2, -0.15) is 4.76 Å². The fourth-order valence-electron chi connectivity index (χ4n) is 0.574. The van der Waals surface area contributed by atoms with Gasteiger partial charge in [-0.15, -0.1) is 0 Å². The zero-order valence-corrected chi connectivity index (χ0v) is 11.0. The van der Waals surface area contributed by atoms with Gasteiger partial charge in [0.2, 0.25) is 0 Å². The molecular formula is C6H15N2O2PS2. The van der Waals surface area contributed by atoms with Crippen LogP contribution in [0.15, 0.2) is 4.76 Å². The second-order valence-corrected chi connectivity index (χ2v) is 7.44. The van der Waals surface area contributed by atoms with Crippen molar-refractivity contribution in [3.63, 3.8) is 0 Å². The fraction of sp³-hybridized carbons (Fsp3) is 0.833. The Morgan fingerprint density at radius 3 is 2.23 bits per heavy atom. The first kappa shape index (κ1) is 13.4. The molecule has 0 aliphatic rings. The fourth-order valence-corrected chi connectivity index (χ4v) is 3.37. The Morgan fingerprint density at radius 2 is 2.00 bits per heavy atom. The molecule has 0 spiro atoms. The Balaban J connectivity index is 4.75. The smallest absolute Gasteiger partial charge is 0.357 e. The zero-order valence-electron chi connectivity index (χ0n) is 8.47. The lowest BCUT2D eigenvalue weighted by Gasteiger charge is -2.15. The van der Waals surface area contributed by atoms with Crippen LogP contribution in [0.5, 0.6) is 0 Å². The van der Waals surface area contributed by atoms with E-state index >= 15 is 0 Å². The van der Waals surface area contributed by atoms with Crippen LogP contribution in [0.4, 0.5) is 0 Å². The van der Waals surface area contributed by atoms with Crippen molar-refractivity contribution >= 4 is 35.0 Å². The Bertz CT molecular complexity index is 225. The van der Waals surface area contributed by atoms with Crippen LogP contribution in [-0.2, 0) is 9.09 Å². The molecule has 0 aromatic rings. The normalized spacial score (nSPS) is 16.8. The summed E-state index contributed by atoms with van der Waals surface area (Å²) < 4.78 is 20.7. The van der Waals surface area contributed by atoms with E-state index in [1.807, 2.05) is 25.3 Å². The average molecular weight is 242 g/mol.